The van der Waals surface area contributed by atoms with Gasteiger partial charge < -0.3 is 0 Å². The van der Waals surface area contributed by atoms with E-state index < -0.39 is 4.92 Å². The number of hydrogen-bond donors (Lipinski definition) is 0. The van der Waals surface area contributed by atoms with Crippen LogP contribution in [0.2, 0.25) is 0 Å². The lowest BCUT2D eigenvalue weighted by Crippen LogP contribution is -1.86. The molecule has 0 unspecified atom stereocenters. The van der Waals surface area contributed by atoms with Crippen LogP contribution in [0.15, 0.2) is 24.3 Å². The van der Waals surface area contributed by atoms with Gasteiger partial charge in [-0.1, -0.05) is 5.92 Å². The Kier molecular flexibility index (Phi) is 1.88. The highest BCUT2D eigenvalue weighted by Gasteiger charge is 2.01. The minimum atomic E-state index is -0.458. The second-order valence-electron chi connectivity index (χ2n) is 1.95. The van der Waals surface area contributed by atoms with Gasteiger partial charge in [0.2, 0.25) is 0 Å². The van der Waals surface area contributed by atoms with Gasteiger partial charge in [-0.05, 0) is 12.1 Å². The average molecular weight is 147 g/mol. The maximum Gasteiger partial charge on any atom is 0.269 e. The SMILES string of the molecule is C#Cc1ccc([N+](=O)[O-])cc1. The molecule has 0 heterocycles. The van der Waals surface area contributed by atoms with E-state index in [0.29, 0.717) is 5.56 Å². The van der Waals surface area contributed by atoms with Gasteiger partial charge in [0.25, 0.3) is 5.69 Å². The Bertz CT molecular complexity index is 308. The maximum atomic E-state index is 10.2. The molecule has 0 aliphatic rings. The lowest BCUT2D eigenvalue weighted by molar-refractivity contribution is -0.384. The van der Waals surface area contributed by atoms with Crippen molar-refractivity contribution < 1.29 is 4.92 Å². The topological polar surface area (TPSA) is 43.1 Å². The number of non-ortho nitro benzene ring substituents is 1. The van der Waals surface area contributed by atoms with E-state index in [1.54, 1.807) is 0 Å². The molecule has 1 aromatic carbocycles. The Balaban J connectivity index is 3.03. The first-order valence-electron chi connectivity index (χ1n) is 2.95. The summed E-state index contributed by atoms with van der Waals surface area (Å²) in [7, 11) is 0. The van der Waals surface area contributed by atoms with Crippen molar-refractivity contribution in [1.82, 2.24) is 0 Å². The minimum absolute atomic E-state index is 0.0593. The summed E-state index contributed by atoms with van der Waals surface area (Å²) in [5, 5.41) is 10.2. The molecule has 0 saturated heterocycles. The summed E-state index contributed by atoms with van der Waals surface area (Å²) in [5.41, 5.74) is 0.708. The van der Waals surface area contributed by atoms with Crippen molar-refractivity contribution in [2.75, 3.05) is 0 Å². The lowest BCUT2D eigenvalue weighted by atomic mass is 10.2. The number of benzene rings is 1. The van der Waals surface area contributed by atoms with Crippen molar-refractivity contribution in [2.24, 2.45) is 0 Å². The molecular weight excluding hydrogens is 142 g/mol. The fraction of sp³-hybridized carbons (Fsp3) is 0. The van der Waals surface area contributed by atoms with Crippen LogP contribution >= 0.6 is 0 Å². The summed E-state index contributed by atoms with van der Waals surface area (Å²) in [6.45, 7) is 0. The van der Waals surface area contributed by atoms with E-state index in [4.69, 9.17) is 6.42 Å². The fourth-order valence-corrected chi connectivity index (χ4v) is 0.679. The molecule has 3 heteroatoms. The van der Waals surface area contributed by atoms with Crippen LogP contribution in [0.1, 0.15) is 5.56 Å². The summed E-state index contributed by atoms with van der Waals surface area (Å²) in [6, 6.07) is 5.85. The van der Waals surface area contributed by atoms with E-state index in [0.717, 1.165) is 0 Å². The summed E-state index contributed by atoms with van der Waals surface area (Å²) < 4.78 is 0. The number of nitro groups is 1. The van der Waals surface area contributed by atoms with Crippen molar-refractivity contribution in [3.63, 3.8) is 0 Å². The first-order chi connectivity index (χ1) is 5.24. The molecular formula is C8H5NO2. The fourth-order valence-electron chi connectivity index (χ4n) is 0.679. The molecule has 0 bridgehead atoms. The van der Waals surface area contributed by atoms with Crippen LogP contribution in [0.4, 0.5) is 5.69 Å². The van der Waals surface area contributed by atoms with Gasteiger partial charge >= 0.3 is 0 Å². The highest BCUT2D eigenvalue weighted by molar-refractivity contribution is 5.39. The molecule has 11 heavy (non-hydrogen) atoms. The van der Waals surface area contributed by atoms with Crippen LogP contribution in [-0.2, 0) is 0 Å². The Labute approximate surface area is 63.8 Å². The van der Waals surface area contributed by atoms with Crippen molar-refractivity contribution in [3.05, 3.63) is 39.9 Å². The molecule has 3 nitrogen and oxygen atoms in total. The molecule has 0 saturated carbocycles. The second kappa shape index (κ2) is 2.84. The van der Waals surface area contributed by atoms with E-state index in [-0.39, 0.29) is 5.69 Å². The second-order valence-corrected chi connectivity index (χ2v) is 1.95. The molecule has 1 aromatic rings. The molecule has 1 rings (SSSR count). The minimum Gasteiger partial charge on any atom is -0.258 e. The molecule has 0 spiro atoms. The monoisotopic (exact) mass is 147 g/mol. The third-order valence-corrected chi connectivity index (χ3v) is 1.24. The maximum absolute atomic E-state index is 10.2. The smallest absolute Gasteiger partial charge is 0.258 e. The first kappa shape index (κ1) is 7.29. The number of nitrogens with zero attached hydrogens (tertiary/aromatic N) is 1. The zero-order chi connectivity index (χ0) is 8.27. The Morgan fingerprint density at radius 2 is 1.91 bits per heavy atom. The van der Waals surface area contributed by atoms with E-state index in [1.165, 1.54) is 24.3 Å². The van der Waals surface area contributed by atoms with E-state index in [9.17, 15) is 10.1 Å². The summed E-state index contributed by atoms with van der Waals surface area (Å²) >= 11 is 0. The number of hydrogen-bond acceptors (Lipinski definition) is 2. The zero-order valence-electron chi connectivity index (χ0n) is 5.65. The van der Waals surface area contributed by atoms with Crippen LogP contribution in [0.5, 0.6) is 0 Å². The quantitative estimate of drug-likeness (QED) is 0.344. The zero-order valence-corrected chi connectivity index (χ0v) is 5.65. The predicted octanol–water partition coefficient (Wildman–Crippen LogP) is 1.58. The van der Waals surface area contributed by atoms with Gasteiger partial charge in [0, 0.05) is 17.7 Å². The average Bonchev–Trinajstić information content (AvgIpc) is 2.05. The van der Waals surface area contributed by atoms with Gasteiger partial charge in [0.05, 0.1) is 4.92 Å². The van der Waals surface area contributed by atoms with Crippen LogP contribution in [-0.4, -0.2) is 4.92 Å². The number of rotatable bonds is 1. The standard InChI is InChI=1S/C8H5NO2/c1-2-7-3-5-8(6-4-7)9(10)11/h1,3-6H. The van der Waals surface area contributed by atoms with Crippen LogP contribution in [0.25, 0.3) is 0 Å². The summed E-state index contributed by atoms with van der Waals surface area (Å²) in [4.78, 5) is 9.70. The Morgan fingerprint density at radius 1 is 1.36 bits per heavy atom. The van der Waals surface area contributed by atoms with Gasteiger partial charge in [-0.2, -0.15) is 0 Å². The van der Waals surface area contributed by atoms with E-state index in [1.807, 2.05) is 0 Å². The van der Waals surface area contributed by atoms with Crippen molar-refractivity contribution in [1.29, 1.82) is 0 Å². The highest BCUT2D eigenvalue weighted by Crippen LogP contribution is 2.10. The number of nitro benzene ring substituents is 1. The molecule has 0 fully saturated rings. The molecule has 0 aromatic heterocycles. The van der Waals surface area contributed by atoms with E-state index in [2.05, 4.69) is 5.92 Å². The first-order valence-corrected chi connectivity index (χ1v) is 2.95. The van der Waals surface area contributed by atoms with Crippen LogP contribution in [0.3, 0.4) is 0 Å². The molecule has 0 aliphatic carbocycles. The van der Waals surface area contributed by atoms with Gasteiger partial charge in [0.15, 0.2) is 0 Å². The van der Waals surface area contributed by atoms with Gasteiger partial charge in [0.1, 0.15) is 0 Å². The van der Waals surface area contributed by atoms with Crippen molar-refractivity contribution in [3.8, 4) is 12.3 Å². The highest BCUT2D eigenvalue weighted by atomic mass is 16.6. The third-order valence-electron chi connectivity index (χ3n) is 1.24. The van der Waals surface area contributed by atoms with Gasteiger partial charge in [-0.3, -0.25) is 10.1 Å². The Hall–Kier alpha value is -1.82. The third kappa shape index (κ3) is 1.55. The normalized spacial score (nSPS) is 8.64. The van der Waals surface area contributed by atoms with Crippen molar-refractivity contribution in [2.45, 2.75) is 0 Å². The Morgan fingerprint density at radius 3 is 2.27 bits per heavy atom. The molecule has 54 valence electrons. The molecule has 0 N–H and O–H groups in total. The predicted molar refractivity (Wildman–Crippen MR) is 41.0 cm³/mol. The van der Waals surface area contributed by atoms with E-state index >= 15 is 0 Å². The molecule has 0 radical (unpaired) electrons. The number of terminal acetylenes is 1. The van der Waals surface area contributed by atoms with Crippen LogP contribution in [0, 0.1) is 22.5 Å². The summed E-state index contributed by atoms with van der Waals surface area (Å²) in [5.74, 6) is 2.37. The molecule has 0 atom stereocenters. The summed E-state index contributed by atoms with van der Waals surface area (Å²) in [6.07, 6.45) is 5.06. The van der Waals surface area contributed by atoms with Gasteiger partial charge in [-0.15, -0.1) is 6.42 Å². The van der Waals surface area contributed by atoms with Crippen molar-refractivity contribution >= 4 is 5.69 Å². The largest absolute Gasteiger partial charge is 0.269 e. The molecule has 0 aliphatic heterocycles. The lowest BCUT2D eigenvalue weighted by Gasteiger charge is -1.89. The molecule has 0 amide bonds. The van der Waals surface area contributed by atoms with Gasteiger partial charge in [-0.25, -0.2) is 0 Å². The van der Waals surface area contributed by atoms with Crippen LogP contribution < -0.4 is 0 Å².